The Morgan fingerprint density at radius 1 is 1.26 bits per heavy atom. The number of benzene rings is 1. The van der Waals surface area contributed by atoms with Crippen LogP contribution in [0.2, 0.25) is 0 Å². The zero-order chi connectivity index (χ0) is 16.8. The molecule has 0 unspecified atom stereocenters. The molecule has 1 aliphatic rings. The zero-order valence-electron chi connectivity index (χ0n) is 13.2. The Morgan fingerprint density at radius 3 is 2.57 bits per heavy atom. The summed E-state index contributed by atoms with van der Waals surface area (Å²) in [4.78, 5) is 16.4. The molecule has 1 heterocycles. The van der Waals surface area contributed by atoms with Crippen molar-refractivity contribution in [2.45, 2.75) is 13.3 Å². The van der Waals surface area contributed by atoms with Crippen LogP contribution in [0.15, 0.2) is 12.1 Å². The maximum atomic E-state index is 14.0. The van der Waals surface area contributed by atoms with Crippen molar-refractivity contribution in [2.24, 2.45) is 0 Å². The lowest BCUT2D eigenvalue weighted by atomic mass is 10.1. The molecule has 0 spiro atoms. The smallest absolute Gasteiger partial charge is 0.254 e. The van der Waals surface area contributed by atoms with Crippen molar-refractivity contribution >= 4 is 11.6 Å². The van der Waals surface area contributed by atoms with E-state index in [4.69, 9.17) is 6.42 Å². The summed E-state index contributed by atoms with van der Waals surface area (Å²) in [6.07, 6.45) is 5.92. The zero-order valence-corrected chi connectivity index (χ0v) is 13.2. The van der Waals surface area contributed by atoms with Crippen LogP contribution in [0, 0.1) is 24.0 Å². The van der Waals surface area contributed by atoms with Gasteiger partial charge in [-0.15, -0.1) is 6.42 Å². The summed E-state index contributed by atoms with van der Waals surface area (Å²) in [6.45, 7) is 5.88. The van der Waals surface area contributed by atoms with Crippen molar-refractivity contribution in [1.29, 1.82) is 0 Å². The predicted octanol–water partition coefficient (Wildman–Crippen LogP) is 2.18. The molecule has 1 aliphatic heterocycles. The van der Waals surface area contributed by atoms with Crippen LogP contribution in [-0.4, -0.2) is 55.0 Å². The topological polar surface area (TPSA) is 35.6 Å². The molecule has 1 aromatic carbocycles. The minimum absolute atomic E-state index is 0.0140. The summed E-state index contributed by atoms with van der Waals surface area (Å²) >= 11 is 0. The summed E-state index contributed by atoms with van der Waals surface area (Å²) < 4.78 is 28.0. The Hall–Kier alpha value is -2.13. The van der Waals surface area contributed by atoms with Crippen LogP contribution < -0.4 is 5.32 Å². The van der Waals surface area contributed by atoms with Crippen LogP contribution in [0.25, 0.3) is 0 Å². The number of hydrogen-bond acceptors (Lipinski definition) is 3. The number of nitrogens with zero attached hydrogens (tertiary/aromatic N) is 2. The molecule has 0 aliphatic carbocycles. The van der Waals surface area contributed by atoms with Gasteiger partial charge in [0.2, 0.25) is 0 Å². The molecular formula is C17H21F2N3O. The molecule has 0 aromatic heterocycles. The second kappa shape index (κ2) is 7.93. The van der Waals surface area contributed by atoms with Crippen LogP contribution in [0.3, 0.4) is 0 Å². The van der Waals surface area contributed by atoms with Gasteiger partial charge in [-0.1, -0.05) is 12.8 Å². The molecular weight excluding hydrogens is 300 g/mol. The fourth-order valence-electron chi connectivity index (χ4n) is 2.68. The van der Waals surface area contributed by atoms with Crippen LogP contribution in [-0.2, 0) is 0 Å². The van der Waals surface area contributed by atoms with Gasteiger partial charge in [0.25, 0.3) is 5.91 Å². The molecule has 1 saturated heterocycles. The lowest BCUT2D eigenvalue weighted by Gasteiger charge is -2.21. The third-order valence-corrected chi connectivity index (χ3v) is 3.98. The number of halogens is 2. The molecule has 1 aromatic rings. The van der Waals surface area contributed by atoms with E-state index in [9.17, 15) is 13.6 Å². The maximum Gasteiger partial charge on any atom is 0.254 e. The van der Waals surface area contributed by atoms with Gasteiger partial charge >= 0.3 is 0 Å². The Kier molecular flexibility index (Phi) is 5.94. The van der Waals surface area contributed by atoms with Crippen molar-refractivity contribution < 1.29 is 13.6 Å². The van der Waals surface area contributed by atoms with Crippen molar-refractivity contribution in [3.05, 3.63) is 29.3 Å². The molecule has 23 heavy (non-hydrogen) atoms. The van der Waals surface area contributed by atoms with Gasteiger partial charge in [-0.3, -0.25) is 4.79 Å². The van der Waals surface area contributed by atoms with Crippen molar-refractivity contribution in [2.75, 3.05) is 44.6 Å². The van der Waals surface area contributed by atoms with E-state index in [2.05, 4.69) is 23.1 Å². The van der Waals surface area contributed by atoms with Crippen molar-refractivity contribution in [1.82, 2.24) is 9.80 Å². The number of anilines is 1. The number of terminal acetylenes is 1. The molecule has 4 nitrogen and oxygen atoms in total. The minimum atomic E-state index is -0.811. The highest BCUT2D eigenvalue weighted by molar-refractivity contribution is 5.94. The summed E-state index contributed by atoms with van der Waals surface area (Å²) in [5.74, 6) is 0.286. The van der Waals surface area contributed by atoms with Gasteiger partial charge in [0, 0.05) is 25.2 Å². The first-order chi connectivity index (χ1) is 11.1. The van der Waals surface area contributed by atoms with E-state index in [0.717, 1.165) is 38.2 Å². The van der Waals surface area contributed by atoms with Gasteiger partial charge in [0.05, 0.1) is 6.54 Å². The molecule has 1 N–H and O–H groups in total. The monoisotopic (exact) mass is 321 g/mol. The Balaban J connectivity index is 2.15. The van der Waals surface area contributed by atoms with Crippen LogP contribution in [0.4, 0.5) is 14.5 Å². The van der Waals surface area contributed by atoms with E-state index >= 15 is 0 Å². The first kappa shape index (κ1) is 17.2. The van der Waals surface area contributed by atoms with E-state index in [1.54, 1.807) is 4.90 Å². The molecule has 124 valence electrons. The first-order valence-corrected chi connectivity index (χ1v) is 7.74. The second-order valence-electron chi connectivity index (χ2n) is 5.45. The molecule has 0 atom stereocenters. The molecule has 0 bridgehead atoms. The third kappa shape index (κ3) is 4.20. The Bertz CT molecular complexity index is 589. The number of carbonyl (C=O) groups excluding carboxylic acids is 1. The number of nitrogens with one attached hydrogen (secondary N) is 1. The summed E-state index contributed by atoms with van der Waals surface area (Å²) in [7, 11) is 0. The summed E-state index contributed by atoms with van der Waals surface area (Å²) in [6, 6.07) is 2.12. The van der Waals surface area contributed by atoms with Crippen molar-refractivity contribution in [3.63, 3.8) is 0 Å². The van der Waals surface area contributed by atoms with Gasteiger partial charge in [0.15, 0.2) is 0 Å². The number of rotatable bonds is 4. The van der Waals surface area contributed by atoms with Gasteiger partial charge in [-0.2, -0.15) is 0 Å². The minimum Gasteiger partial charge on any atom is -0.369 e. The number of likely N-dealkylation sites (N-methyl/N-ethyl adjacent to an activating group) is 1. The lowest BCUT2D eigenvalue weighted by molar-refractivity contribution is 0.0761. The highest BCUT2D eigenvalue weighted by Crippen LogP contribution is 2.22. The van der Waals surface area contributed by atoms with Crippen LogP contribution >= 0.6 is 0 Å². The van der Waals surface area contributed by atoms with Gasteiger partial charge in [0.1, 0.15) is 17.3 Å². The van der Waals surface area contributed by atoms with E-state index in [-0.39, 0.29) is 23.7 Å². The predicted molar refractivity (Wildman–Crippen MR) is 86.3 cm³/mol. The lowest BCUT2D eigenvalue weighted by Crippen LogP contribution is -2.35. The maximum absolute atomic E-state index is 14.0. The van der Waals surface area contributed by atoms with Crippen LogP contribution in [0.1, 0.15) is 23.7 Å². The standard InChI is InChI=1S/C17H21F2N3O/c1-3-6-20-16-14(18)11-13(12-15(16)19)17(23)22-8-5-7-21(4-2)9-10-22/h1,11-12,20H,4-10H2,2H3. The number of hydrogen-bond donors (Lipinski definition) is 1. The quantitative estimate of drug-likeness (QED) is 0.864. The fourth-order valence-corrected chi connectivity index (χ4v) is 2.68. The third-order valence-electron chi connectivity index (χ3n) is 3.98. The highest BCUT2D eigenvalue weighted by Gasteiger charge is 2.22. The number of amides is 1. The molecule has 2 rings (SSSR count). The van der Waals surface area contributed by atoms with E-state index in [1.165, 1.54) is 0 Å². The number of carbonyl (C=O) groups is 1. The first-order valence-electron chi connectivity index (χ1n) is 7.74. The van der Waals surface area contributed by atoms with Gasteiger partial charge < -0.3 is 15.1 Å². The molecule has 0 saturated carbocycles. The van der Waals surface area contributed by atoms with E-state index in [0.29, 0.717) is 13.1 Å². The van der Waals surface area contributed by atoms with Gasteiger partial charge in [-0.25, -0.2) is 8.78 Å². The molecule has 0 radical (unpaired) electrons. The van der Waals surface area contributed by atoms with Crippen molar-refractivity contribution in [3.8, 4) is 12.3 Å². The normalized spacial score (nSPS) is 15.8. The van der Waals surface area contributed by atoms with Crippen LogP contribution in [0.5, 0.6) is 0 Å². The largest absolute Gasteiger partial charge is 0.369 e. The molecule has 6 heteroatoms. The van der Waals surface area contributed by atoms with E-state index in [1.807, 2.05) is 0 Å². The Labute approximate surface area is 135 Å². The van der Waals surface area contributed by atoms with E-state index < -0.39 is 11.6 Å². The summed E-state index contributed by atoms with van der Waals surface area (Å²) in [5, 5.41) is 2.48. The van der Waals surface area contributed by atoms with Gasteiger partial charge in [-0.05, 0) is 31.6 Å². The molecule has 1 amide bonds. The average molecular weight is 321 g/mol. The average Bonchev–Trinajstić information content (AvgIpc) is 2.78. The second-order valence-corrected chi connectivity index (χ2v) is 5.45. The highest BCUT2D eigenvalue weighted by atomic mass is 19.1. The summed E-state index contributed by atoms with van der Waals surface area (Å²) in [5.41, 5.74) is -0.274. The SMILES string of the molecule is C#CCNc1c(F)cc(C(=O)N2CCCN(CC)CC2)cc1F. The Morgan fingerprint density at radius 2 is 1.96 bits per heavy atom. The fraction of sp³-hybridized carbons (Fsp3) is 0.471. The molecule has 1 fully saturated rings.